The third kappa shape index (κ3) is 1.25. The molecule has 0 amide bonds. The van der Waals surface area contributed by atoms with E-state index in [0.717, 1.165) is 0 Å². The van der Waals surface area contributed by atoms with E-state index in [4.69, 9.17) is 6.42 Å². The van der Waals surface area contributed by atoms with Crippen molar-refractivity contribution in [2.45, 2.75) is 6.54 Å². The highest BCUT2D eigenvalue weighted by atomic mass is 16.1. The zero-order chi connectivity index (χ0) is 9.97. The second kappa shape index (κ2) is 3.30. The van der Waals surface area contributed by atoms with E-state index < -0.39 is 0 Å². The van der Waals surface area contributed by atoms with Gasteiger partial charge in [-0.3, -0.25) is 4.79 Å². The normalized spacial score (nSPS) is 9.93. The molecule has 14 heavy (non-hydrogen) atoms. The molecule has 0 atom stereocenters. The molecule has 4 heteroatoms. The first-order valence-corrected chi connectivity index (χ1v) is 4.09. The predicted molar refractivity (Wildman–Crippen MR) is 52.6 cm³/mol. The summed E-state index contributed by atoms with van der Waals surface area (Å²) in [6, 6.07) is 7.04. The molecule has 0 aliphatic heterocycles. The SMILES string of the molecule is C#CCn1nnc2ccccc2c1=O. The zero-order valence-electron chi connectivity index (χ0n) is 7.34. The topological polar surface area (TPSA) is 47.8 Å². The average Bonchev–Trinajstić information content (AvgIpc) is 2.23. The van der Waals surface area contributed by atoms with Crippen LogP contribution in [0.5, 0.6) is 0 Å². The molecule has 0 N–H and O–H groups in total. The van der Waals surface area contributed by atoms with Gasteiger partial charge < -0.3 is 0 Å². The number of hydrogen-bond donors (Lipinski definition) is 0. The van der Waals surface area contributed by atoms with Crippen molar-refractivity contribution in [1.29, 1.82) is 0 Å². The summed E-state index contributed by atoms with van der Waals surface area (Å²) in [6.45, 7) is 0.149. The first-order chi connectivity index (χ1) is 6.83. The summed E-state index contributed by atoms with van der Waals surface area (Å²) in [7, 11) is 0. The van der Waals surface area contributed by atoms with Gasteiger partial charge in [0.1, 0.15) is 12.1 Å². The molecule has 4 nitrogen and oxygen atoms in total. The molecule has 68 valence electrons. The molecule has 1 heterocycles. The van der Waals surface area contributed by atoms with Gasteiger partial charge in [-0.2, -0.15) is 4.68 Å². The molecule has 0 fully saturated rings. The fraction of sp³-hybridized carbons (Fsp3) is 0.100. The quantitative estimate of drug-likeness (QED) is 0.605. The average molecular weight is 185 g/mol. The fourth-order valence-corrected chi connectivity index (χ4v) is 1.21. The molecule has 0 bridgehead atoms. The summed E-state index contributed by atoms with van der Waals surface area (Å²) in [5.41, 5.74) is 0.388. The largest absolute Gasteiger partial charge is 0.278 e. The first-order valence-electron chi connectivity index (χ1n) is 4.09. The lowest BCUT2D eigenvalue weighted by Gasteiger charge is -1.99. The molecular weight excluding hydrogens is 178 g/mol. The van der Waals surface area contributed by atoms with Crippen LogP contribution in [0, 0.1) is 12.3 Å². The van der Waals surface area contributed by atoms with Crippen LogP contribution >= 0.6 is 0 Å². The van der Waals surface area contributed by atoms with Crippen molar-refractivity contribution in [2.24, 2.45) is 0 Å². The maximum Gasteiger partial charge on any atom is 0.278 e. The van der Waals surface area contributed by atoms with Crippen molar-refractivity contribution in [1.82, 2.24) is 15.0 Å². The van der Waals surface area contributed by atoms with Gasteiger partial charge in [0, 0.05) is 0 Å². The Balaban J connectivity index is 2.77. The van der Waals surface area contributed by atoms with E-state index in [1.165, 1.54) is 4.68 Å². The van der Waals surface area contributed by atoms with Crippen LogP contribution in [0.15, 0.2) is 29.1 Å². The van der Waals surface area contributed by atoms with Crippen LogP contribution in [0.2, 0.25) is 0 Å². The van der Waals surface area contributed by atoms with E-state index in [9.17, 15) is 4.79 Å². The molecule has 0 unspecified atom stereocenters. The number of terminal acetylenes is 1. The molecule has 2 rings (SSSR count). The highest BCUT2D eigenvalue weighted by Gasteiger charge is 2.02. The number of rotatable bonds is 1. The van der Waals surface area contributed by atoms with Crippen LogP contribution in [0.25, 0.3) is 10.9 Å². The maximum absolute atomic E-state index is 11.7. The molecule has 0 saturated heterocycles. The molecule has 0 spiro atoms. The van der Waals surface area contributed by atoms with Gasteiger partial charge >= 0.3 is 0 Å². The first kappa shape index (κ1) is 8.45. The van der Waals surface area contributed by atoms with E-state index in [0.29, 0.717) is 10.9 Å². The minimum Gasteiger partial charge on any atom is -0.267 e. The lowest BCUT2D eigenvalue weighted by molar-refractivity contribution is 0.620. The van der Waals surface area contributed by atoms with E-state index in [1.54, 1.807) is 18.2 Å². The zero-order valence-corrected chi connectivity index (χ0v) is 7.34. The third-order valence-electron chi connectivity index (χ3n) is 1.87. The predicted octanol–water partition coefficient (Wildman–Crippen LogP) is 0.425. The summed E-state index contributed by atoms with van der Waals surface area (Å²) in [5.74, 6) is 2.35. The van der Waals surface area contributed by atoms with E-state index in [2.05, 4.69) is 16.2 Å². The summed E-state index contributed by atoms with van der Waals surface area (Å²) in [6.07, 6.45) is 5.10. The highest BCUT2D eigenvalue weighted by molar-refractivity contribution is 5.76. The number of benzene rings is 1. The Morgan fingerprint density at radius 2 is 2.21 bits per heavy atom. The lowest BCUT2D eigenvalue weighted by atomic mass is 10.2. The van der Waals surface area contributed by atoms with Gasteiger partial charge in [-0.1, -0.05) is 23.3 Å². The van der Waals surface area contributed by atoms with Crippen LogP contribution in [0.4, 0.5) is 0 Å². The Morgan fingerprint density at radius 1 is 1.43 bits per heavy atom. The smallest absolute Gasteiger partial charge is 0.267 e. The minimum atomic E-state index is -0.200. The Bertz CT molecular complexity index is 565. The van der Waals surface area contributed by atoms with Crippen molar-refractivity contribution < 1.29 is 0 Å². The Kier molecular flexibility index (Phi) is 1.99. The molecule has 0 saturated carbocycles. The Labute approximate surface area is 80.2 Å². The van der Waals surface area contributed by atoms with Gasteiger partial charge in [0.15, 0.2) is 0 Å². The summed E-state index contributed by atoms with van der Waals surface area (Å²) >= 11 is 0. The molecule has 0 aliphatic carbocycles. The number of nitrogens with zero attached hydrogens (tertiary/aromatic N) is 3. The highest BCUT2D eigenvalue weighted by Crippen LogP contribution is 2.02. The van der Waals surface area contributed by atoms with Crippen molar-refractivity contribution in [3.8, 4) is 12.3 Å². The Hall–Kier alpha value is -2.15. The molecule has 0 radical (unpaired) electrons. The van der Waals surface area contributed by atoms with E-state index >= 15 is 0 Å². The van der Waals surface area contributed by atoms with Crippen molar-refractivity contribution >= 4 is 10.9 Å². The Morgan fingerprint density at radius 3 is 3.00 bits per heavy atom. The van der Waals surface area contributed by atoms with Crippen LogP contribution < -0.4 is 5.56 Å². The van der Waals surface area contributed by atoms with Gasteiger partial charge in [0.25, 0.3) is 5.56 Å². The fourth-order valence-electron chi connectivity index (χ4n) is 1.21. The van der Waals surface area contributed by atoms with Crippen LogP contribution in [-0.2, 0) is 6.54 Å². The number of hydrogen-bond acceptors (Lipinski definition) is 3. The van der Waals surface area contributed by atoms with Gasteiger partial charge in [-0.15, -0.1) is 11.5 Å². The van der Waals surface area contributed by atoms with Crippen molar-refractivity contribution in [2.75, 3.05) is 0 Å². The maximum atomic E-state index is 11.7. The molecular formula is C10H7N3O. The van der Waals surface area contributed by atoms with Gasteiger partial charge in [-0.05, 0) is 12.1 Å². The third-order valence-corrected chi connectivity index (χ3v) is 1.87. The standard InChI is InChI=1S/C10H7N3O/c1-2-7-13-10(14)8-5-3-4-6-9(8)11-12-13/h1,3-6H,7H2. The monoisotopic (exact) mass is 185 g/mol. The molecule has 1 aromatic heterocycles. The van der Waals surface area contributed by atoms with Crippen LogP contribution in [-0.4, -0.2) is 15.0 Å². The molecule has 2 aromatic rings. The van der Waals surface area contributed by atoms with E-state index in [1.807, 2.05) is 6.07 Å². The second-order valence-electron chi connectivity index (χ2n) is 2.77. The van der Waals surface area contributed by atoms with Crippen molar-refractivity contribution in [3.05, 3.63) is 34.6 Å². The van der Waals surface area contributed by atoms with Crippen LogP contribution in [0.1, 0.15) is 0 Å². The second-order valence-corrected chi connectivity index (χ2v) is 2.77. The van der Waals surface area contributed by atoms with Gasteiger partial charge in [0.05, 0.1) is 5.39 Å². The van der Waals surface area contributed by atoms with Gasteiger partial charge in [0.2, 0.25) is 0 Å². The lowest BCUT2D eigenvalue weighted by Crippen LogP contribution is -2.23. The minimum absolute atomic E-state index is 0.149. The summed E-state index contributed by atoms with van der Waals surface area (Å²) < 4.78 is 1.17. The van der Waals surface area contributed by atoms with Crippen molar-refractivity contribution in [3.63, 3.8) is 0 Å². The molecule has 1 aromatic carbocycles. The number of aromatic nitrogens is 3. The van der Waals surface area contributed by atoms with Gasteiger partial charge in [-0.25, -0.2) is 0 Å². The van der Waals surface area contributed by atoms with E-state index in [-0.39, 0.29) is 12.1 Å². The van der Waals surface area contributed by atoms with Crippen LogP contribution in [0.3, 0.4) is 0 Å². The summed E-state index contributed by atoms with van der Waals surface area (Å²) in [5, 5.41) is 8.13. The summed E-state index contributed by atoms with van der Waals surface area (Å²) in [4.78, 5) is 11.7. The number of fused-ring (bicyclic) bond motifs is 1. The molecule has 0 aliphatic rings.